The van der Waals surface area contributed by atoms with Crippen molar-refractivity contribution in [3.05, 3.63) is 0 Å². The zero-order chi connectivity index (χ0) is 13.5. The van der Waals surface area contributed by atoms with Crippen LogP contribution >= 0.6 is 0 Å². The number of carboxylic acids is 1. The molecule has 0 radical (unpaired) electrons. The van der Waals surface area contributed by atoms with Gasteiger partial charge in [0.1, 0.15) is 5.41 Å². The molecule has 1 saturated carbocycles. The molecule has 0 spiro atoms. The molecule has 17 heavy (non-hydrogen) atoms. The molecule has 7 heteroatoms. The SMILES string of the molecule is CC(C)(CNC(=O)C1(C(=O)O)CC1)S(C)(=O)=O. The molecule has 0 heterocycles. The first-order chi connectivity index (χ1) is 7.53. The Hall–Kier alpha value is -1.11. The number of nitrogens with one attached hydrogen (secondary N) is 1. The molecule has 0 saturated heterocycles. The van der Waals surface area contributed by atoms with E-state index in [1.165, 1.54) is 13.8 Å². The standard InChI is InChI=1S/C10H17NO5S/c1-9(2,17(3,15)16)6-11-7(12)10(4-5-10)8(13)14/h4-6H2,1-3H3,(H,11,12)(H,13,14). The van der Waals surface area contributed by atoms with Gasteiger partial charge in [0.05, 0.1) is 4.75 Å². The molecule has 1 amide bonds. The van der Waals surface area contributed by atoms with Crippen LogP contribution in [0.1, 0.15) is 26.7 Å². The number of carbonyl (C=O) groups excluding carboxylic acids is 1. The van der Waals surface area contributed by atoms with Gasteiger partial charge in [0.15, 0.2) is 9.84 Å². The molecular formula is C10H17NO5S. The highest BCUT2D eigenvalue weighted by Gasteiger charge is 2.57. The summed E-state index contributed by atoms with van der Waals surface area (Å²) in [5.74, 6) is -1.74. The summed E-state index contributed by atoms with van der Waals surface area (Å²) in [7, 11) is -3.31. The average Bonchev–Trinajstić information content (AvgIpc) is 2.92. The fourth-order valence-electron chi connectivity index (χ4n) is 1.26. The third-order valence-corrected chi connectivity index (χ3v) is 5.42. The van der Waals surface area contributed by atoms with Crippen molar-refractivity contribution < 1.29 is 23.1 Å². The average molecular weight is 263 g/mol. The van der Waals surface area contributed by atoms with Gasteiger partial charge in [-0.1, -0.05) is 0 Å². The fraction of sp³-hybridized carbons (Fsp3) is 0.800. The molecule has 0 bridgehead atoms. The molecule has 0 unspecified atom stereocenters. The highest BCUT2D eigenvalue weighted by Crippen LogP contribution is 2.46. The Morgan fingerprint density at radius 3 is 2.12 bits per heavy atom. The molecule has 0 aliphatic heterocycles. The van der Waals surface area contributed by atoms with E-state index in [9.17, 15) is 18.0 Å². The molecule has 1 aliphatic carbocycles. The zero-order valence-electron chi connectivity index (χ0n) is 10.1. The highest BCUT2D eigenvalue weighted by molar-refractivity contribution is 7.92. The second-order valence-electron chi connectivity index (χ2n) is 5.10. The normalized spacial score (nSPS) is 18.5. The third-order valence-electron chi connectivity index (χ3n) is 3.27. The lowest BCUT2D eigenvalue weighted by Gasteiger charge is -2.23. The van der Waals surface area contributed by atoms with Crippen molar-refractivity contribution in [2.45, 2.75) is 31.4 Å². The summed E-state index contributed by atoms with van der Waals surface area (Å²) in [5.41, 5.74) is -1.33. The Labute approximate surface area is 100 Å². The van der Waals surface area contributed by atoms with Gasteiger partial charge in [0.2, 0.25) is 5.91 Å². The smallest absolute Gasteiger partial charge is 0.319 e. The molecule has 1 fully saturated rings. The topological polar surface area (TPSA) is 101 Å². The van der Waals surface area contributed by atoms with Crippen LogP contribution in [0.2, 0.25) is 0 Å². The molecule has 0 aromatic carbocycles. The Balaban J connectivity index is 2.65. The molecule has 2 N–H and O–H groups in total. The van der Waals surface area contributed by atoms with Crippen LogP contribution < -0.4 is 5.32 Å². The lowest BCUT2D eigenvalue weighted by Crippen LogP contribution is -2.47. The molecule has 0 aromatic heterocycles. The van der Waals surface area contributed by atoms with Crippen molar-refractivity contribution in [3.63, 3.8) is 0 Å². The van der Waals surface area contributed by atoms with E-state index in [2.05, 4.69) is 5.32 Å². The van der Waals surface area contributed by atoms with Gasteiger partial charge in [-0.15, -0.1) is 0 Å². The van der Waals surface area contributed by atoms with E-state index in [0.717, 1.165) is 6.26 Å². The lowest BCUT2D eigenvalue weighted by atomic mass is 10.1. The van der Waals surface area contributed by atoms with Crippen molar-refractivity contribution in [2.24, 2.45) is 5.41 Å². The van der Waals surface area contributed by atoms with Gasteiger partial charge >= 0.3 is 5.97 Å². The number of hydrogen-bond acceptors (Lipinski definition) is 4. The number of hydrogen-bond donors (Lipinski definition) is 2. The predicted molar refractivity (Wildman–Crippen MR) is 61.2 cm³/mol. The Kier molecular flexibility index (Phi) is 3.26. The summed E-state index contributed by atoms with van der Waals surface area (Å²) in [6, 6.07) is 0. The molecule has 1 aliphatic rings. The first-order valence-corrected chi connectivity index (χ1v) is 7.13. The van der Waals surface area contributed by atoms with Gasteiger partial charge in [-0.05, 0) is 26.7 Å². The van der Waals surface area contributed by atoms with E-state index >= 15 is 0 Å². The van der Waals surface area contributed by atoms with Crippen molar-refractivity contribution in [1.82, 2.24) is 5.32 Å². The van der Waals surface area contributed by atoms with Crippen LogP contribution in [0.15, 0.2) is 0 Å². The quantitative estimate of drug-likeness (QED) is 0.668. The van der Waals surface area contributed by atoms with Crippen LogP contribution in [-0.4, -0.2) is 42.9 Å². The maximum absolute atomic E-state index is 11.7. The Morgan fingerprint density at radius 1 is 1.35 bits per heavy atom. The number of sulfone groups is 1. The number of carboxylic acid groups (broad SMARTS) is 1. The van der Waals surface area contributed by atoms with Crippen molar-refractivity contribution >= 4 is 21.7 Å². The van der Waals surface area contributed by atoms with Gasteiger partial charge in [0, 0.05) is 12.8 Å². The minimum absolute atomic E-state index is 0.0836. The highest BCUT2D eigenvalue weighted by atomic mass is 32.2. The van der Waals surface area contributed by atoms with E-state index in [1.54, 1.807) is 0 Å². The third kappa shape index (κ3) is 2.59. The number of rotatable bonds is 5. The first-order valence-electron chi connectivity index (χ1n) is 5.24. The van der Waals surface area contributed by atoms with Gasteiger partial charge in [0.25, 0.3) is 0 Å². The fourth-order valence-corrected chi connectivity index (χ4v) is 1.59. The largest absolute Gasteiger partial charge is 0.480 e. The summed E-state index contributed by atoms with van der Waals surface area (Å²) in [5, 5.41) is 11.3. The van der Waals surface area contributed by atoms with Crippen molar-refractivity contribution in [3.8, 4) is 0 Å². The summed E-state index contributed by atoms with van der Waals surface area (Å²) in [6.45, 7) is 2.89. The molecule has 98 valence electrons. The Bertz CT molecular complexity index is 447. The van der Waals surface area contributed by atoms with Crippen molar-refractivity contribution in [1.29, 1.82) is 0 Å². The summed E-state index contributed by atoms with van der Waals surface area (Å²) in [4.78, 5) is 22.5. The van der Waals surface area contributed by atoms with Crippen LogP contribution in [0.25, 0.3) is 0 Å². The lowest BCUT2D eigenvalue weighted by molar-refractivity contribution is -0.149. The summed E-state index contributed by atoms with van der Waals surface area (Å²) >= 11 is 0. The minimum Gasteiger partial charge on any atom is -0.480 e. The van der Waals surface area contributed by atoms with Crippen LogP contribution in [-0.2, 0) is 19.4 Å². The van der Waals surface area contributed by atoms with Crippen LogP contribution in [0, 0.1) is 5.41 Å². The van der Waals surface area contributed by atoms with Crippen LogP contribution in [0.4, 0.5) is 0 Å². The zero-order valence-corrected chi connectivity index (χ0v) is 10.9. The van der Waals surface area contributed by atoms with Gasteiger partial charge in [-0.25, -0.2) is 8.42 Å². The maximum Gasteiger partial charge on any atom is 0.319 e. The van der Waals surface area contributed by atoms with Crippen LogP contribution in [0.5, 0.6) is 0 Å². The van der Waals surface area contributed by atoms with Gasteiger partial charge < -0.3 is 10.4 Å². The monoisotopic (exact) mass is 263 g/mol. The second-order valence-corrected chi connectivity index (χ2v) is 7.75. The van der Waals surface area contributed by atoms with Gasteiger partial charge in [-0.3, -0.25) is 9.59 Å². The second kappa shape index (κ2) is 3.97. The first kappa shape index (κ1) is 14.0. The summed E-state index contributed by atoms with van der Waals surface area (Å²) < 4.78 is 21.7. The van der Waals surface area contributed by atoms with E-state index in [1.807, 2.05) is 0 Å². The van der Waals surface area contributed by atoms with E-state index in [4.69, 9.17) is 5.11 Å². The van der Waals surface area contributed by atoms with Crippen LogP contribution in [0.3, 0.4) is 0 Å². The maximum atomic E-state index is 11.7. The van der Waals surface area contributed by atoms with Gasteiger partial charge in [-0.2, -0.15) is 0 Å². The summed E-state index contributed by atoms with van der Waals surface area (Å²) in [6.07, 6.45) is 1.71. The molecule has 0 atom stereocenters. The van der Waals surface area contributed by atoms with E-state index in [0.29, 0.717) is 12.8 Å². The number of carbonyl (C=O) groups is 2. The van der Waals surface area contributed by atoms with E-state index in [-0.39, 0.29) is 6.54 Å². The number of amides is 1. The van der Waals surface area contributed by atoms with E-state index < -0.39 is 31.9 Å². The molecular weight excluding hydrogens is 246 g/mol. The molecule has 1 rings (SSSR count). The minimum atomic E-state index is -3.31. The Morgan fingerprint density at radius 2 is 1.82 bits per heavy atom. The number of aliphatic carboxylic acids is 1. The predicted octanol–water partition coefficient (Wildman–Crippen LogP) is -0.209. The van der Waals surface area contributed by atoms with Crippen molar-refractivity contribution in [2.75, 3.05) is 12.8 Å². The molecule has 6 nitrogen and oxygen atoms in total. The molecule has 0 aromatic rings.